The molecular formula is C13H16BrNOS. The Labute approximate surface area is 116 Å². The molecule has 0 bridgehead atoms. The van der Waals surface area contributed by atoms with E-state index in [2.05, 4.69) is 39.3 Å². The highest BCUT2D eigenvalue weighted by Gasteiger charge is 2.00. The highest BCUT2D eigenvalue weighted by molar-refractivity contribution is 9.10. The summed E-state index contributed by atoms with van der Waals surface area (Å²) < 4.78 is 6.17. The number of thioether (sulfide) groups is 1. The number of hydrogen-bond donors (Lipinski definition) is 1. The Morgan fingerprint density at radius 2 is 2.35 bits per heavy atom. The molecule has 0 spiro atoms. The molecular weight excluding hydrogens is 298 g/mol. The standard InChI is InChI=1S/C13H16BrNOS/c1-3-7-17-8-6-15-10-11-4-5-13(16-2)12(14)9-11/h1,4-5,9,15H,6-8,10H2,2H3. The first-order valence-electron chi connectivity index (χ1n) is 5.32. The Morgan fingerprint density at radius 3 is 3.00 bits per heavy atom. The summed E-state index contributed by atoms with van der Waals surface area (Å²) in [5.74, 6) is 5.30. The number of rotatable bonds is 7. The summed E-state index contributed by atoms with van der Waals surface area (Å²) in [4.78, 5) is 0. The summed E-state index contributed by atoms with van der Waals surface area (Å²) in [7, 11) is 1.67. The lowest BCUT2D eigenvalue weighted by molar-refractivity contribution is 0.412. The Kier molecular flexibility index (Phi) is 7.18. The van der Waals surface area contributed by atoms with Crippen LogP contribution in [0.4, 0.5) is 0 Å². The molecule has 0 heterocycles. The largest absolute Gasteiger partial charge is 0.496 e. The van der Waals surface area contributed by atoms with Crippen molar-refractivity contribution in [2.75, 3.05) is 25.2 Å². The number of nitrogens with one attached hydrogen (secondary N) is 1. The van der Waals surface area contributed by atoms with Gasteiger partial charge < -0.3 is 10.1 Å². The lowest BCUT2D eigenvalue weighted by atomic mass is 10.2. The third kappa shape index (κ3) is 5.49. The maximum absolute atomic E-state index is 5.18. The second kappa shape index (κ2) is 8.46. The third-order valence-electron chi connectivity index (χ3n) is 2.15. The summed E-state index contributed by atoms with van der Waals surface area (Å²) in [6.45, 7) is 1.83. The zero-order valence-electron chi connectivity index (χ0n) is 9.83. The molecule has 0 aliphatic rings. The molecule has 1 aromatic carbocycles. The molecule has 0 aromatic heterocycles. The normalized spacial score (nSPS) is 9.94. The van der Waals surface area contributed by atoms with E-state index in [0.717, 1.165) is 34.8 Å². The second-order valence-corrected chi connectivity index (χ2v) is 5.36. The SMILES string of the molecule is C#CCSCCNCc1ccc(OC)c(Br)c1. The zero-order valence-corrected chi connectivity index (χ0v) is 12.2. The van der Waals surface area contributed by atoms with E-state index < -0.39 is 0 Å². The van der Waals surface area contributed by atoms with E-state index in [1.807, 2.05) is 6.07 Å². The molecule has 17 heavy (non-hydrogen) atoms. The van der Waals surface area contributed by atoms with Gasteiger partial charge >= 0.3 is 0 Å². The highest BCUT2D eigenvalue weighted by atomic mass is 79.9. The number of terminal acetylenes is 1. The predicted octanol–water partition coefficient (Wildman–Crippen LogP) is 2.91. The molecule has 0 fully saturated rings. The fraction of sp³-hybridized carbons (Fsp3) is 0.385. The van der Waals surface area contributed by atoms with Crippen molar-refractivity contribution in [3.63, 3.8) is 0 Å². The van der Waals surface area contributed by atoms with Crippen molar-refractivity contribution in [3.05, 3.63) is 28.2 Å². The van der Waals surface area contributed by atoms with Crippen LogP contribution in [-0.2, 0) is 6.54 Å². The molecule has 0 radical (unpaired) electrons. The van der Waals surface area contributed by atoms with Crippen LogP contribution in [0.25, 0.3) is 0 Å². The Morgan fingerprint density at radius 1 is 1.53 bits per heavy atom. The van der Waals surface area contributed by atoms with E-state index in [4.69, 9.17) is 11.2 Å². The van der Waals surface area contributed by atoms with Crippen LogP contribution in [0.2, 0.25) is 0 Å². The molecule has 0 amide bonds. The summed E-state index contributed by atoms with van der Waals surface area (Å²) >= 11 is 5.24. The number of hydrogen-bond acceptors (Lipinski definition) is 3. The van der Waals surface area contributed by atoms with Crippen LogP contribution in [0.3, 0.4) is 0 Å². The van der Waals surface area contributed by atoms with Gasteiger partial charge in [-0.05, 0) is 33.6 Å². The first-order valence-corrected chi connectivity index (χ1v) is 7.27. The molecule has 4 heteroatoms. The van der Waals surface area contributed by atoms with Gasteiger partial charge in [-0.3, -0.25) is 0 Å². The number of benzene rings is 1. The fourth-order valence-electron chi connectivity index (χ4n) is 1.33. The average molecular weight is 314 g/mol. The summed E-state index contributed by atoms with van der Waals surface area (Å²) in [6, 6.07) is 6.10. The number of ether oxygens (including phenoxy) is 1. The smallest absolute Gasteiger partial charge is 0.133 e. The third-order valence-corrected chi connectivity index (χ3v) is 3.64. The van der Waals surface area contributed by atoms with Crippen LogP contribution in [-0.4, -0.2) is 25.2 Å². The van der Waals surface area contributed by atoms with E-state index in [9.17, 15) is 0 Å². The van der Waals surface area contributed by atoms with Crippen molar-refractivity contribution in [3.8, 4) is 18.1 Å². The Hall–Kier alpha value is -0.630. The van der Waals surface area contributed by atoms with Gasteiger partial charge in [0.1, 0.15) is 5.75 Å². The molecule has 0 aliphatic carbocycles. The first-order chi connectivity index (χ1) is 8.27. The van der Waals surface area contributed by atoms with Crippen molar-refractivity contribution in [2.24, 2.45) is 0 Å². The fourth-order valence-corrected chi connectivity index (χ4v) is 2.47. The topological polar surface area (TPSA) is 21.3 Å². The molecule has 2 nitrogen and oxygen atoms in total. The van der Waals surface area contributed by atoms with Crippen molar-refractivity contribution in [2.45, 2.75) is 6.54 Å². The monoisotopic (exact) mass is 313 g/mol. The van der Waals surface area contributed by atoms with Crippen LogP contribution in [0.1, 0.15) is 5.56 Å². The molecule has 0 atom stereocenters. The molecule has 1 N–H and O–H groups in total. The van der Waals surface area contributed by atoms with Crippen molar-refractivity contribution >= 4 is 27.7 Å². The van der Waals surface area contributed by atoms with E-state index in [1.165, 1.54) is 5.56 Å². The molecule has 0 aliphatic heterocycles. The molecule has 92 valence electrons. The minimum atomic E-state index is 0.787. The molecule has 0 unspecified atom stereocenters. The minimum Gasteiger partial charge on any atom is -0.496 e. The van der Waals surface area contributed by atoms with Gasteiger partial charge in [0.2, 0.25) is 0 Å². The van der Waals surface area contributed by atoms with Crippen molar-refractivity contribution in [1.82, 2.24) is 5.32 Å². The number of methoxy groups -OCH3 is 1. The van der Waals surface area contributed by atoms with E-state index >= 15 is 0 Å². The van der Waals surface area contributed by atoms with E-state index in [0.29, 0.717) is 0 Å². The molecule has 1 rings (SSSR count). The minimum absolute atomic E-state index is 0.787. The molecule has 1 aromatic rings. The van der Waals surface area contributed by atoms with Crippen LogP contribution >= 0.6 is 27.7 Å². The maximum atomic E-state index is 5.18. The lowest BCUT2D eigenvalue weighted by Gasteiger charge is -2.07. The first kappa shape index (κ1) is 14.4. The van der Waals surface area contributed by atoms with Gasteiger partial charge in [0.15, 0.2) is 0 Å². The number of halogens is 1. The van der Waals surface area contributed by atoms with Gasteiger partial charge in [-0.2, -0.15) is 0 Å². The van der Waals surface area contributed by atoms with Gasteiger partial charge in [-0.1, -0.05) is 12.0 Å². The van der Waals surface area contributed by atoms with Gasteiger partial charge in [0.05, 0.1) is 17.3 Å². The van der Waals surface area contributed by atoms with Gasteiger partial charge in [-0.25, -0.2) is 0 Å². The predicted molar refractivity (Wildman–Crippen MR) is 78.6 cm³/mol. The maximum Gasteiger partial charge on any atom is 0.133 e. The van der Waals surface area contributed by atoms with Crippen LogP contribution in [0.15, 0.2) is 22.7 Å². The van der Waals surface area contributed by atoms with Crippen LogP contribution < -0.4 is 10.1 Å². The van der Waals surface area contributed by atoms with E-state index in [-0.39, 0.29) is 0 Å². The average Bonchev–Trinajstić information content (AvgIpc) is 2.34. The second-order valence-electron chi connectivity index (χ2n) is 3.40. The summed E-state index contributed by atoms with van der Waals surface area (Å²) in [5.41, 5.74) is 1.24. The van der Waals surface area contributed by atoms with Crippen LogP contribution in [0.5, 0.6) is 5.75 Å². The molecule has 0 saturated heterocycles. The van der Waals surface area contributed by atoms with Crippen LogP contribution in [0, 0.1) is 12.3 Å². The van der Waals surface area contributed by atoms with Gasteiger partial charge in [0.25, 0.3) is 0 Å². The summed E-state index contributed by atoms with van der Waals surface area (Å²) in [5, 5.41) is 3.37. The lowest BCUT2D eigenvalue weighted by Crippen LogP contribution is -2.16. The van der Waals surface area contributed by atoms with E-state index in [1.54, 1.807) is 18.9 Å². The molecule has 0 saturated carbocycles. The quantitative estimate of drug-likeness (QED) is 0.618. The zero-order chi connectivity index (χ0) is 12.5. The van der Waals surface area contributed by atoms with Gasteiger partial charge in [-0.15, -0.1) is 18.2 Å². The van der Waals surface area contributed by atoms with Gasteiger partial charge in [0, 0.05) is 18.8 Å². The highest BCUT2D eigenvalue weighted by Crippen LogP contribution is 2.25. The van der Waals surface area contributed by atoms with Crippen molar-refractivity contribution < 1.29 is 4.74 Å². The van der Waals surface area contributed by atoms with Crippen molar-refractivity contribution in [1.29, 1.82) is 0 Å². The summed E-state index contributed by atoms with van der Waals surface area (Å²) in [6.07, 6.45) is 5.17. The Balaban J connectivity index is 2.28. The Bertz CT molecular complexity index is 389.